The van der Waals surface area contributed by atoms with Crippen LogP contribution in [0.2, 0.25) is 5.02 Å². The molecule has 0 aliphatic carbocycles. The van der Waals surface area contributed by atoms with Crippen molar-refractivity contribution in [2.24, 2.45) is 12.0 Å². The second-order valence-corrected chi connectivity index (χ2v) is 11.9. The number of amidine groups is 1. The van der Waals surface area contributed by atoms with Gasteiger partial charge in [0, 0.05) is 19.5 Å². The van der Waals surface area contributed by atoms with Crippen LogP contribution in [0.4, 0.5) is 23.2 Å². The van der Waals surface area contributed by atoms with Crippen molar-refractivity contribution >= 4 is 62.0 Å². The number of hydrogen-bond acceptors (Lipinski definition) is 10. The number of benzene rings is 1. The fraction of sp³-hybridized carbons (Fsp3) is 0.364. The molecule has 0 saturated carbocycles. The van der Waals surface area contributed by atoms with E-state index in [1.807, 2.05) is 0 Å². The van der Waals surface area contributed by atoms with Crippen LogP contribution in [0.3, 0.4) is 0 Å². The largest absolute Gasteiger partial charge is 0.465 e. The Bertz CT molecular complexity index is 1720. The number of nitrogens with one attached hydrogen (secondary N) is 1. The van der Waals surface area contributed by atoms with Gasteiger partial charge in [0.05, 0.1) is 29.3 Å². The summed E-state index contributed by atoms with van der Waals surface area (Å²) >= 11 is 6.71. The van der Waals surface area contributed by atoms with Gasteiger partial charge in [0.25, 0.3) is 5.56 Å². The first-order chi connectivity index (χ1) is 19.3. The number of carbonyl (C=O) groups excluding carboxylic acids is 3. The number of sulfonamides is 1. The highest BCUT2D eigenvalue weighted by Crippen LogP contribution is 2.35. The Morgan fingerprint density at radius 2 is 1.83 bits per heavy atom. The number of ether oxygens (including phenoxy) is 1. The van der Waals surface area contributed by atoms with Crippen LogP contribution in [0, 0.1) is 5.82 Å². The lowest BCUT2D eigenvalue weighted by molar-refractivity contribution is -0.146. The number of amides is 2. The summed E-state index contributed by atoms with van der Waals surface area (Å²) in [5.41, 5.74) is -5.84. The topological polar surface area (TPSA) is 166 Å². The second-order valence-electron chi connectivity index (χ2n) is 8.53. The molecule has 1 aliphatic heterocycles. The van der Waals surface area contributed by atoms with Gasteiger partial charge >= 0.3 is 17.8 Å². The zero-order valence-corrected chi connectivity index (χ0v) is 24.1. The SMILES string of the molecule is CCOC(=O)CN1C(=O)C(CC(=O)NS(C)(=O)=O)SC1=Nc1cc(-n2c(=O)cc(C(F)(F)F)n(C)c2=O)c(F)cc1Cl. The number of hydrogen-bond donors (Lipinski definition) is 1. The van der Waals surface area contributed by atoms with E-state index in [9.17, 15) is 50.0 Å². The minimum absolute atomic E-state index is 0.0509. The number of halogens is 5. The molecule has 2 amide bonds. The summed E-state index contributed by atoms with van der Waals surface area (Å²) in [6, 6.07) is 1.48. The Morgan fingerprint density at radius 3 is 2.40 bits per heavy atom. The summed E-state index contributed by atoms with van der Waals surface area (Å²) in [5, 5.41) is -1.98. The van der Waals surface area contributed by atoms with Gasteiger partial charge in [-0.05, 0) is 19.1 Å². The van der Waals surface area contributed by atoms with Gasteiger partial charge in [0.1, 0.15) is 23.3 Å². The van der Waals surface area contributed by atoms with Gasteiger partial charge < -0.3 is 4.74 Å². The standard InChI is InChI=1S/C22H20ClF4N5O8S2/c1-4-40-18(35)9-31-19(36)14(7-16(33)29-42(3,38)39)41-20(31)28-12-6-13(11(24)5-10(12)23)32-17(34)8-15(22(25,26)27)30(2)21(32)37/h5-6,8,14H,4,7,9H2,1-3H3,(H,29,33). The Labute approximate surface area is 243 Å². The summed E-state index contributed by atoms with van der Waals surface area (Å²) in [4.78, 5) is 67.4. The van der Waals surface area contributed by atoms with E-state index < -0.39 is 85.7 Å². The van der Waals surface area contributed by atoms with Crippen LogP contribution in [0.5, 0.6) is 0 Å². The Balaban J connectivity index is 2.12. The van der Waals surface area contributed by atoms with Gasteiger partial charge in [0.2, 0.25) is 21.8 Å². The summed E-state index contributed by atoms with van der Waals surface area (Å²) < 4.78 is 84.1. The first kappa shape index (κ1) is 32.8. The van der Waals surface area contributed by atoms with Crippen LogP contribution >= 0.6 is 23.4 Å². The van der Waals surface area contributed by atoms with Gasteiger partial charge in [0.15, 0.2) is 5.17 Å². The number of aliphatic imine (C=N–C) groups is 1. The number of aromatic nitrogens is 2. The molecule has 0 spiro atoms. The van der Waals surface area contributed by atoms with Gasteiger partial charge in [-0.25, -0.2) is 27.2 Å². The summed E-state index contributed by atoms with van der Waals surface area (Å²) in [5.74, 6) is -4.05. The van der Waals surface area contributed by atoms with Crippen molar-refractivity contribution in [3.05, 3.63) is 55.6 Å². The molecule has 228 valence electrons. The van der Waals surface area contributed by atoms with Gasteiger partial charge in [-0.3, -0.25) is 33.4 Å². The molecule has 13 nitrogen and oxygen atoms in total. The number of carbonyl (C=O) groups is 3. The molecule has 1 aliphatic rings. The molecule has 0 bridgehead atoms. The van der Waals surface area contributed by atoms with Crippen molar-refractivity contribution in [1.29, 1.82) is 0 Å². The van der Waals surface area contributed by atoms with E-state index in [0.717, 1.165) is 24.3 Å². The first-order valence-electron chi connectivity index (χ1n) is 11.5. The molecule has 3 rings (SSSR count). The monoisotopic (exact) mass is 657 g/mol. The third kappa shape index (κ3) is 7.37. The normalized spacial score (nSPS) is 16.7. The predicted octanol–water partition coefficient (Wildman–Crippen LogP) is 1.31. The number of thioether (sulfide) groups is 1. The van der Waals surface area contributed by atoms with Crippen molar-refractivity contribution < 1.29 is 45.1 Å². The van der Waals surface area contributed by atoms with Crippen molar-refractivity contribution in [3.63, 3.8) is 0 Å². The second kappa shape index (κ2) is 12.3. The lowest BCUT2D eigenvalue weighted by Gasteiger charge is -2.16. The Morgan fingerprint density at radius 1 is 1.19 bits per heavy atom. The third-order valence-corrected chi connectivity index (χ3v) is 7.44. The van der Waals surface area contributed by atoms with Crippen LogP contribution in [0.1, 0.15) is 19.0 Å². The molecule has 20 heteroatoms. The smallest absolute Gasteiger partial charge is 0.431 e. The molecule has 1 saturated heterocycles. The number of rotatable bonds is 8. The molecule has 1 atom stereocenters. The van der Waals surface area contributed by atoms with Crippen LogP contribution in [0.25, 0.3) is 5.69 Å². The minimum atomic E-state index is -5.06. The first-order valence-corrected chi connectivity index (χ1v) is 14.6. The zero-order valence-electron chi connectivity index (χ0n) is 21.7. The molecule has 1 aromatic carbocycles. The van der Waals surface area contributed by atoms with E-state index in [4.69, 9.17) is 16.3 Å². The molecule has 2 aromatic rings. The molecule has 1 unspecified atom stereocenters. The fourth-order valence-corrected chi connectivity index (χ4v) is 5.47. The summed E-state index contributed by atoms with van der Waals surface area (Å²) in [7, 11) is -3.23. The van der Waals surface area contributed by atoms with E-state index >= 15 is 0 Å². The summed E-state index contributed by atoms with van der Waals surface area (Å²) in [6.07, 6.45) is -5.00. The average Bonchev–Trinajstić information content (AvgIpc) is 3.11. The molecule has 1 aromatic heterocycles. The fourth-order valence-electron chi connectivity index (χ4n) is 3.63. The Kier molecular flexibility index (Phi) is 9.57. The van der Waals surface area contributed by atoms with Crippen LogP contribution in [-0.4, -0.2) is 70.1 Å². The molecule has 1 N–H and O–H groups in total. The van der Waals surface area contributed by atoms with E-state index in [1.54, 1.807) is 4.72 Å². The number of nitrogens with zero attached hydrogens (tertiary/aromatic N) is 4. The van der Waals surface area contributed by atoms with Crippen LogP contribution < -0.4 is 16.0 Å². The zero-order chi connectivity index (χ0) is 31.7. The van der Waals surface area contributed by atoms with Gasteiger partial charge in [-0.15, -0.1) is 0 Å². The van der Waals surface area contributed by atoms with Crippen molar-refractivity contribution in [2.45, 2.75) is 24.8 Å². The van der Waals surface area contributed by atoms with Crippen molar-refractivity contribution in [3.8, 4) is 5.69 Å². The summed E-state index contributed by atoms with van der Waals surface area (Å²) in [6.45, 7) is 0.747. The molecule has 0 radical (unpaired) electrons. The predicted molar refractivity (Wildman–Crippen MR) is 142 cm³/mol. The molecule has 42 heavy (non-hydrogen) atoms. The lowest BCUT2D eigenvalue weighted by Crippen LogP contribution is -2.41. The third-order valence-electron chi connectivity index (χ3n) is 5.37. The number of alkyl halides is 3. The average molecular weight is 658 g/mol. The Hall–Kier alpha value is -3.71. The molecular formula is C22H20ClF4N5O8S2. The highest BCUT2D eigenvalue weighted by atomic mass is 35.5. The maximum absolute atomic E-state index is 14.9. The minimum Gasteiger partial charge on any atom is -0.465 e. The van der Waals surface area contributed by atoms with E-state index in [1.165, 1.54) is 6.92 Å². The quantitative estimate of drug-likeness (QED) is 0.325. The van der Waals surface area contributed by atoms with E-state index in [-0.39, 0.29) is 32.7 Å². The van der Waals surface area contributed by atoms with Crippen molar-refractivity contribution in [2.75, 3.05) is 19.4 Å². The maximum atomic E-state index is 14.9. The molecular weight excluding hydrogens is 638 g/mol. The molecule has 1 fully saturated rings. The van der Waals surface area contributed by atoms with Crippen LogP contribution in [0.15, 0.2) is 32.8 Å². The number of esters is 1. The van der Waals surface area contributed by atoms with Crippen molar-refractivity contribution in [1.82, 2.24) is 18.8 Å². The highest BCUT2D eigenvalue weighted by molar-refractivity contribution is 8.15. The van der Waals surface area contributed by atoms with Gasteiger partial charge in [-0.1, -0.05) is 23.4 Å². The lowest BCUT2D eigenvalue weighted by atomic mass is 10.2. The van der Waals surface area contributed by atoms with E-state index in [0.29, 0.717) is 17.8 Å². The molecule has 2 heterocycles. The highest BCUT2D eigenvalue weighted by Gasteiger charge is 2.41. The maximum Gasteiger partial charge on any atom is 0.431 e. The van der Waals surface area contributed by atoms with E-state index in [2.05, 4.69) is 4.99 Å². The van der Waals surface area contributed by atoms with Crippen LogP contribution in [-0.2, 0) is 42.4 Å². The van der Waals surface area contributed by atoms with Gasteiger partial charge in [-0.2, -0.15) is 13.2 Å².